The van der Waals surface area contributed by atoms with Crippen LogP contribution in [0.3, 0.4) is 0 Å². The van der Waals surface area contributed by atoms with Gasteiger partial charge in [-0.2, -0.15) is 17.7 Å². The van der Waals surface area contributed by atoms with E-state index in [1.807, 2.05) is 12.1 Å². The second-order valence-corrected chi connectivity index (χ2v) is 6.71. The molecular weight excluding hydrogens is 321 g/mol. The van der Waals surface area contributed by atoms with Gasteiger partial charge in [-0.25, -0.2) is 0 Å². The van der Waals surface area contributed by atoms with Crippen molar-refractivity contribution in [2.24, 2.45) is 5.92 Å². The zero-order chi connectivity index (χ0) is 16.7. The molecule has 1 saturated heterocycles. The number of likely N-dealkylation sites (tertiary alicyclic amines) is 1. The van der Waals surface area contributed by atoms with E-state index in [-0.39, 0.29) is 5.92 Å². The van der Waals surface area contributed by atoms with Crippen molar-refractivity contribution in [3.63, 3.8) is 0 Å². The van der Waals surface area contributed by atoms with Crippen LogP contribution < -0.4 is 5.32 Å². The number of alkyl halides is 3. The predicted molar refractivity (Wildman–Crippen MR) is 81.8 cm³/mol. The molecule has 0 aromatic carbocycles. The van der Waals surface area contributed by atoms with E-state index in [1.54, 1.807) is 4.52 Å². The van der Waals surface area contributed by atoms with Crippen LogP contribution in [-0.2, 0) is 0 Å². The van der Waals surface area contributed by atoms with E-state index < -0.39 is 12.7 Å². The van der Waals surface area contributed by atoms with Gasteiger partial charge in [0.25, 0.3) is 0 Å². The SMILES string of the molecule is FC(F)(F)CN1CC[C@H](CNc2ccc3nnc(C4CC4)n3n2)C1. The maximum Gasteiger partial charge on any atom is 0.401 e. The molecule has 0 amide bonds. The molecule has 0 unspecified atom stereocenters. The van der Waals surface area contributed by atoms with Crippen LogP contribution in [0, 0.1) is 5.92 Å². The number of nitrogens with one attached hydrogen (secondary N) is 1. The molecule has 1 atom stereocenters. The number of fused-ring (bicyclic) bond motifs is 1. The molecule has 1 aliphatic carbocycles. The highest BCUT2D eigenvalue weighted by molar-refractivity contribution is 5.44. The summed E-state index contributed by atoms with van der Waals surface area (Å²) in [4.78, 5) is 1.47. The maximum absolute atomic E-state index is 12.4. The van der Waals surface area contributed by atoms with Gasteiger partial charge in [-0.15, -0.1) is 15.3 Å². The minimum atomic E-state index is -4.12. The van der Waals surface area contributed by atoms with E-state index in [1.165, 1.54) is 4.90 Å². The van der Waals surface area contributed by atoms with E-state index >= 15 is 0 Å². The molecule has 1 aliphatic heterocycles. The summed E-state index contributed by atoms with van der Waals surface area (Å²) < 4.78 is 39.1. The van der Waals surface area contributed by atoms with Crippen molar-refractivity contribution in [2.45, 2.75) is 31.4 Å². The molecule has 6 nitrogen and oxygen atoms in total. The van der Waals surface area contributed by atoms with Crippen molar-refractivity contribution in [2.75, 3.05) is 31.5 Å². The smallest absolute Gasteiger partial charge is 0.368 e. The number of hydrogen-bond acceptors (Lipinski definition) is 5. The van der Waals surface area contributed by atoms with Crippen LogP contribution in [0.1, 0.15) is 31.0 Å². The summed E-state index contributed by atoms with van der Waals surface area (Å²) in [6.45, 7) is 0.761. The first kappa shape index (κ1) is 15.6. The van der Waals surface area contributed by atoms with Crippen molar-refractivity contribution in [3.05, 3.63) is 18.0 Å². The number of halogens is 3. The molecule has 2 aromatic rings. The highest BCUT2D eigenvalue weighted by atomic mass is 19.4. The lowest BCUT2D eigenvalue weighted by Gasteiger charge is -2.18. The summed E-state index contributed by atoms with van der Waals surface area (Å²) in [5.41, 5.74) is 0.722. The van der Waals surface area contributed by atoms with E-state index in [0.717, 1.165) is 30.7 Å². The van der Waals surface area contributed by atoms with Crippen molar-refractivity contribution >= 4 is 11.5 Å². The molecule has 4 rings (SSSR count). The summed E-state index contributed by atoms with van der Waals surface area (Å²) in [5, 5.41) is 16.1. The Hall–Kier alpha value is -1.90. The Labute approximate surface area is 137 Å². The molecule has 9 heteroatoms. The zero-order valence-corrected chi connectivity index (χ0v) is 13.1. The zero-order valence-electron chi connectivity index (χ0n) is 13.1. The van der Waals surface area contributed by atoms with Crippen molar-refractivity contribution in [3.8, 4) is 0 Å². The highest BCUT2D eigenvalue weighted by Gasteiger charge is 2.34. The molecule has 1 N–H and O–H groups in total. The van der Waals surface area contributed by atoms with Crippen LogP contribution in [0.5, 0.6) is 0 Å². The van der Waals surface area contributed by atoms with E-state index in [9.17, 15) is 13.2 Å². The Morgan fingerprint density at radius 1 is 1.17 bits per heavy atom. The Kier molecular flexibility index (Phi) is 3.82. The lowest BCUT2D eigenvalue weighted by Crippen LogP contribution is -2.33. The lowest BCUT2D eigenvalue weighted by atomic mass is 10.1. The van der Waals surface area contributed by atoms with Gasteiger partial charge in [0.05, 0.1) is 6.54 Å². The van der Waals surface area contributed by atoms with Crippen molar-refractivity contribution < 1.29 is 13.2 Å². The largest absolute Gasteiger partial charge is 0.401 e. The van der Waals surface area contributed by atoms with Crippen LogP contribution in [0.2, 0.25) is 0 Å². The first-order chi connectivity index (χ1) is 11.5. The molecule has 2 fully saturated rings. The van der Waals surface area contributed by atoms with Gasteiger partial charge in [-0.1, -0.05) is 0 Å². The first-order valence-electron chi connectivity index (χ1n) is 8.23. The van der Waals surface area contributed by atoms with Gasteiger partial charge < -0.3 is 5.32 Å². The monoisotopic (exact) mass is 340 g/mol. The average molecular weight is 340 g/mol. The Morgan fingerprint density at radius 2 is 2.00 bits per heavy atom. The fourth-order valence-corrected chi connectivity index (χ4v) is 3.22. The topological polar surface area (TPSA) is 58.3 Å². The summed E-state index contributed by atoms with van der Waals surface area (Å²) in [7, 11) is 0. The standard InChI is InChI=1S/C15H19F3N6/c16-15(17,18)9-23-6-5-10(8-23)7-19-12-3-4-13-20-21-14(11-1-2-11)24(13)22-12/h3-4,10-11H,1-2,5-9H2,(H,19,22)/t10-/m1/s1. The van der Waals surface area contributed by atoms with Crippen LogP contribution in [0.15, 0.2) is 12.1 Å². The fourth-order valence-electron chi connectivity index (χ4n) is 3.22. The van der Waals surface area contributed by atoms with Gasteiger partial charge in [-0.05, 0) is 43.9 Å². The van der Waals surface area contributed by atoms with E-state index in [2.05, 4.69) is 20.6 Å². The number of aromatic nitrogens is 4. The summed E-state index contributed by atoms with van der Waals surface area (Å²) in [6.07, 6.45) is -1.11. The van der Waals surface area contributed by atoms with Crippen LogP contribution in [0.25, 0.3) is 5.65 Å². The van der Waals surface area contributed by atoms with Gasteiger partial charge >= 0.3 is 6.18 Å². The van der Waals surface area contributed by atoms with Crippen molar-refractivity contribution in [1.29, 1.82) is 0 Å². The van der Waals surface area contributed by atoms with Crippen LogP contribution in [-0.4, -0.2) is 57.1 Å². The first-order valence-corrected chi connectivity index (χ1v) is 8.23. The summed E-state index contributed by atoms with van der Waals surface area (Å²) in [6, 6.07) is 3.70. The predicted octanol–water partition coefficient (Wildman–Crippen LogP) is 2.30. The summed E-state index contributed by atoms with van der Waals surface area (Å²) >= 11 is 0. The number of anilines is 1. The maximum atomic E-state index is 12.4. The highest BCUT2D eigenvalue weighted by Crippen LogP contribution is 2.38. The number of rotatable bonds is 5. The Balaban J connectivity index is 1.36. The third-order valence-electron chi connectivity index (χ3n) is 4.57. The second-order valence-electron chi connectivity index (χ2n) is 6.71. The van der Waals surface area contributed by atoms with Gasteiger partial charge in [0.1, 0.15) is 5.82 Å². The third kappa shape index (κ3) is 3.45. The molecule has 2 aliphatic rings. The lowest BCUT2D eigenvalue weighted by molar-refractivity contribution is -0.143. The molecule has 2 aromatic heterocycles. The molecule has 0 spiro atoms. The average Bonchev–Trinajstić information content (AvgIpc) is 3.13. The number of nitrogens with zero attached hydrogens (tertiary/aromatic N) is 5. The minimum Gasteiger partial charge on any atom is -0.368 e. The Morgan fingerprint density at radius 3 is 2.75 bits per heavy atom. The molecule has 130 valence electrons. The van der Waals surface area contributed by atoms with Gasteiger partial charge in [0.15, 0.2) is 11.5 Å². The fraction of sp³-hybridized carbons (Fsp3) is 0.667. The normalized spacial score (nSPS) is 22.4. The van der Waals surface area contributed by atoms with Crippen molar-refractivity contribution in [1.82, 2.24) is 24.7 Å². The number of hydrogen-bond donors (Lipinski definition) is 1. The molecular formula is C15H19F3N6. The molecule has 0 bridgehead atoms. The quantitative estimate of drug-likeness (QED) is 0.905. The van der Waals surface area contributed by atoms with Gasteiger partial charge in [0, 0.05) is 19.0 Å². The molecule has 24 heavy (non-hydrogen) atoms. The molecule has 0 radical (unpaired) electrons. The molecule has 1 saturated carbocycles. The third-order valence-corrected chi connectivity index (χ3v) is 4.57. The second kappa shape index (κ2) is 5.87. The van der Waals surface area contributed by atoms with Gasteiger partial charge in [-0.3, -0.25) is 4.90 Å². The van der Waals surface area contributed by atoms with Crippen LogP contribution >= 0.6 is 0 Å². The van der Waals surface area contributed by atoms with Crippen LogP contribution in [0.4, 0.5) is 19.0 Å². The summed E-state index contributed by atoms with van der Waals surface area (Å²) in [5.74, 6) is 2.26. The van der Waals surface area contributed by atoms with Gasteiger partial charge in [0.2, 0.25) is 0 Å². The Bertz CT molecular complexity index is 724. The molecule has 3 heterocycles. The minimum absolute atomic E-state index is 0.202. The van der Waals surface area contributed by atoms with E-state index in [0.29, 0.717) is 31.4 Å². The van der Waals surface area contributed by atoms with E-state index in [4.69, 9.17) is 0 Å².